The smallest absolute Gasteiger partial charge is 0.335 e. The zero-order valence-corrected chi connectivity index (χ0v) is 19.0. The Kier molecular flexibility index (Phi) is 8.27. The van der Waals surface area contributed by atoms with Crippen LogP contribution < -0.4 is 14.8 Å². The summed E-state index contributed by atoms with van der Waals surface area (Å²) in [4.78, 5) is 23.5. The predicted octanol–water partition coefficient (Wildman–Crippen LogP) is 5.56. The first-order valence-electron chi connectivity index (χ1n) is 10.3. The Balaban J connectivity index is 1.77. The van der Waals surface area contributed by atoms with Gasteiger partial charge in [0.05, 0.1) is 12.2 Å². The van der Waals surface area contributed by atoms with Crippen molar-refractivity contribution in [3.8, 4) is 17.6 Å². The van der Waals surface area contributed by atoms with Crippen LogP contribution in [0.1, 0.15) is 28.4 Å². The first-order chi connectivity index (χ1) is 16.4. The lowest BCUT2D eigenvalue weighted by Crippen LogP contribution is -2.13. The van der Waals surface area contributed by atoms with Crippen molar-refractivity contribution in [2.45, 2.75) is 13.5 Å². The van der Waals surface area contributed by atoms with E-state index in [1.54, 1.807) is 24.3 Å². The highest BCUT2D eigenvalue weighted by atomic mass is 35.5. The number of nitriles is 1. The zero-order valence-electron chi connectivity index (χ0n) is 18.2. The van der Waals surface area contributed by atoms with E-state index in [-0.39, 0.29) is 17.7 Å². The van der Waals surface area contributed by atoms with Crippen molar-refractivity contribution in [3.63, 3.8) is 0 Å². The van der Waals surface area contributed by atoms with Gasteiger partial charge in [-0.05, 0) is 61.0 Å². The molecule has 1 amide bonds. The van der Waals surface area contributed by atoms with Crippen LogP contribution in [0.25, 0.3) is 6.08 Å². The summed E-state index contributed by atoms with van der Waals surface area (Å²) < 4.78 is 11.6. The van der Waals surface area contributed by atoms with E-state index in [0.717, 1.165) is 5.56 Å². The van der Waals surface area contributed by atoms with Gasteiger partial charge in [-0.25, -0.2) is 4.79 Å². The van der Waals surface area contributed by atoms with Gasteiger partial charge >= 0.3 is 5.97 Å². The Morgan fingerprint density at radius 1 is 1.06 bits per heavy atom. The molecule has 0 atom stereocenters. The largest absolute Gasteiger partial charge is 0.490 e. The summed E-state index contributed by atoms with van der Waals surface area (Å²) in [6.45, 7) is 2.49. The number of ether oxygens (including phenoxy) is 2. The molecule has 0 saturated heterocycles. The summed E-state index contributed by atoms with van der Waals surface area (Å²) in [6.07, 6.45) is 1.43. The normalized spacial score (nSPS) is 10.8. The molecule has 34 heavy (non-hydrogen) atoms. The third-order valence-corrected chi connectivity index (χ3v) is 5.04. The molecule has 0 aliphatic carbocycles. The van der Waals surface area contributed by atoms with Crippen LogP contribution in [-0.2, 0) is 11.4 Å². The number of nitrogens with one attached hydrogen (secondary N) is 1. The molecule has 0 aliphatic heterocycles. The Hall–Kier alpha value is -4.28. The molecule has 0 bridgehead atoms. The van der Waals surface area contributed by atoms with Crippen LogP contribution in [0.4, 0.5) is 5.69 Å². The average Bonchev–Trinajstić information content (AvgIpc) is 2.83. The van der Waals surface area contributed by atoms with Crippen LogP contribution in [0.5, 0.6) is 11.5 Å². The van der Waals surface area contributed by atoms with Crippen molar-refractivity contribution < 1.29 is 24.2 Å². The quantitative estimate of drug-likeness (QED) is 0.309. The monoisotopic (exact) mass is 476 g/mol. The van der Waals surface area contributed by atoms with Crippen LogP contribution in [0, 0.1) is 11.3 Å². The summed E-state index contributed by atoms with van der Waals surface area (Å²) in [5.74, 6) is -0.729. The molecule has 7 nitrogen and oxygen atoms in total. The van der Waals surface area contributed by atoms with Gasteiger partial charge in [-0.3, -0.25) is 4.79 Å². The minimum atomic E-state index is -1.07. The van der Waals surface area contributed by atoms with Gasteiger partial charge in [0.1, 0.15) is 18.2 Å². The Morgan fingerprint density at radius 3 is 2.44 bits per heavy atom. The zero-order chi connectivity index (χ0) is 24.5. The van der Waals surface area contributed by atoms with E-state index in [1.807, 2.05) is 31.2 Å². The second-order valence-corrected chi connectivity index (χ2v) is 7.43. The number of amides is 1. The maximum absolute atomic E-state index is 12.5. The number of halogens is 1. The van der Waals surface area contributed by atoms with Crippen LogP contribution >= 0.6 is 11.6 Å². The van der Waals surface area contributed by atoms with Crippen LogP contribution in [0.3, 0.4) is 0 Å². The summed E-state index contributed by atoms with van der Waals surface area (Å²) >= 11 is 6.19. The average molecular weight is 477 g/mol. The molecule has 3 aromatic carbocycles. The van der Waals surface area contributed by atoms with E-state index in [4.69, 9.17) is 26.2 Å². The number of hydrogen-bond donors (Lipinski definition) is 2. The SMILES string of the molecule is CCOc1cc(/C=C(\C#N)C(=O)Nc2ccc(C(=O)O)cc2)ccc1OCc1ccccc1Cl. The van der Waals surface area contributed by atoms with Crippen molar-refractivity contribution in [3.05, 3.63) is 94.0 Å². The number of carbonyl (C=O) groups is 2. The van der Waals surface area contributed by atoms with E-state index in [2.05, 4.69) is 5.32 Å². The number of nitrogens with zero attached hydrogens (tertiary/aromatic N) is 1. The van der Waals surface area contributed by atoms with E-state index in [9.17, 15) is 14.9 Å². The fourth-order valence-corrected chi connectivity index (χ4v) is 3.17. The number of hydrogen-bond acceptors (Lipinski definition) is 5. The molecule has 0 radical (unpaired) electrons. The minimum absolute atomic E-state index is 0.0920. The molecule has 0 aromatic heterocycles. The number of anilines is 1. The molecule has 8 heteroatoms. The summed E-state index contributed by atoms with van der Waals surface area (Å²) in [5, 5.41) is 21.6. The fourth-order valence-electron chi connectivity index (χ4n) is 2.98. The highest BCUT2D eigenvalue weighted by Crippen LogP contribution is 2.31. The number of aromatic carboxylic acids is 1. The van der Waals surface area contributed by atoms with Crippen molar-refractivity contribution in [1.29, 1.82) is 5.26 Å². The highest BCUT2D eigenvalue weighted by Gasteiger charge is 2.13. The Labute approximate surface area is 201 Å². The van der Waals surface area contributed by atoms with E-state index < -0.39 is 11.9 Å². The summed E-state index contributed by atoms with van der Waals surface area (Å²) in [7, 11) is 0. The summed E-state index contributed by atoms with van der Waals surface area (Å²) in [5.41, 5.74) is 1.73. The maximum Gasteiger partial charge on any atom is 0.335 e. The number of rotatable bonds is 9. The highest BCUT2D eigenvalue weighted by molar-refractivity contribution is 6.31. The van der Waals surface area contributed by atoms with Crippen LogP contribution in [0.2, 0.25) is 5.02 Å². The van der Waals surface area contributed by atoms with Gasteiger partial charge in [0.2, 0.25) is 0 Å². The van der Waals surface area contributed by atoms with Gasteiger partial charge in [-0.2, -0.15) is 5.26 Å². The predicted molar refractivity (Wildman–Crippen MR) is 129 cm³/mol. The molecule has 0 saturated carbocycles. The molecular weight excluding hydrogens is 456 g/mol. The van der Waals surface area contributed by atoms with Gasteiger partial charge in [0.25, 0.3) is 5.91 Å². The van der Waals surface area contributed by atoms with Crippen LogP contribution in [0.15, 0.2) is 72.3 Å². The lowest BCUT2D eigenvalue weighted by Gasteiger charge is -2.13. The van der Waals surface area contributed by atoms with Crippen LogP contribution in [-0.4, -0.2) is 23.6 Å². The fraction of sp³-hybridized carbons (Fsp3) is 0.115. The third kappa shape index (κ3) is 6.37. The first kappa shape index (κ1) is 24.4. The molecule has 0 spiro atoms. The van der Waals surface area contributed by atoms with Gasteiger partial charge in [0.15, 0.2) is 11.5 Å². The number of carboxylic acids is 1. The minimum Gasteiger partial charge on any atom is -0.490 e. The molecule has 0 heterocycles. The Bertz CT molecular complexity index is 1260. The third-order valence-electron chi connectivity index (χ3n) is 4.67. The second kappa shape index (κ2) is 11.5. The topological polar surface area (TPSA) is 109 Å². The molecule has 2 N–H and O–H groups in total. The van der Waals surface area contributed by atoms with Crippen molar-refractivity contribution >= 4 is 35.2 Å². The van der Waals surface area contributed by atoms with Crippen molar-refractivity contribution in [1.82, 2.24) is 0 Å². The molecule has 0 fully saturated rings. The van der Waals surface area contributed by atoms with Gasteiger partial charge in [0, 0.05) is 16.3 Å². The molecule has 0 aliphatic rings. The summed E-state index contributed by atoms with van der Waals surface area (Å²) in [6, 6.07) is 20.0. The molecule has 3 aromatic rings. The molecular formula is C26H21ClN2O5. The molecule has 0 unspecified atom stereocenters. The van der Waals surface area contributed by atoms with Gasteiger partial charge in [-0.15, -0.1) is 0 Å². The number of carbonyl (C=O) groups excluding carboxylic acids is 1. The van der Waals surface area contributed by atoms with E-state index in [0.29, 0.717) is 34.4 Å². The lowest BCUT2D eigenvalue weighted by molar-refractivity contribution is -0.112. The van der Waals surface area contributed by atoms with E-state index in [1.165, 1.54) is 30.3 Å². The number of carboxylic acid groups (broad SMARTS) is 1. The van der Waals surface area contributed by atoms with E-state index >= 15 is 0 Å². The lowest BCUT2D eigenvalue weighted by atomic mass is 10.1. The number of benzene rings is 3. The second-order valence-electron chi connectivity index (χ2n) is 7.03. The van der Waals surface area contributed by atoms with Crippen molar-refractivity contribution in [2.75, 3.05) is 11.9 Å². The maximum atomic E-state index is 12.5. The van der Waals surface area contributed by atoms with Gasteiger partial charge < -0.3 is 19.9 Å². The molecule has 172 valence electrons. The van der Waals surface area contributed by atoms with Gasteiger partial charge in [-0.1, -0.05) is 35.9 Å². The standard InChI is InChI=1S/C26H21ClN2O5/c1-2-33-24-14-17(7-12-23(24)34-16-19-5-3-4-6-22(19)27)13-20(15-28)25(30)29-21-10-8-18(9-11-21)26(31)32/h3-14H,2,16H2,1H3,(H,29,30)(H,31,32)/b20-13+. The Morgan fingerprint density at radius 2 is 1.79 bits per heavy atom. The first-order valence-corrected chi connectivity index (χ1v) is 10.7. The molecule has 3 rings (SSSR count). The van der Waals surface area contributed by atoms with Crippen molar-refractivity contribution in [2.24, 2.45) is 0 Å².